The molecule has 0 aliphatic rings. The smallest absolute Gasteiger partial charge is 0.311 e. The molecule has 0 atom stereocenters. The highest BCUT2D eigenvalue weighted by Gasteiger charge is 2.17. The first-order valence-electron chi connectivity index (χ1n) is 5.95. The average Bonchev–Trinajstić information content (AvgIpc) is 2.42. The molecule has 0 heterocycles. The summed E-state index contributed by atoms with van der Waals surface area (Å²) in [6, 6.07) is 8.10. The topological polar surface area (TPSA) is 102 Å². The van der Waals surface area contributed by atoms with Gasteiger partial charge in [0.15, 0.2) is 11.6 Å². The van der Waals surface area contributed by atoms with Crippen molar-refractivity contribution in [2.45, 2.75) is 6.92 Å². The minimum absolute atomic E-state index is 0.0555. The van der Waals surface area contributed by atoms with Gasteiger partial charge in [0.05, 0.1) is 4.92 Å². The fourth-order valence-corrected chi connectivity index (χ4v) is 1.73. The summed E-state index contributed by atoms with van der Waals surface area (Å²) in [7, 11) is 0. The minimum atomic E-state index is -0.752. The van der Waals surface area contributed by atoms with E-state index in [4.69, 9.17) is 15.9 Å². The largest absolute Gasteiger partial charge is 0.447 e. The van der Waals surface area contributed by atoms with Crippen molar-refractivity contribution in [3.63, 3.8) is 0 Å². The molecule has 3 N–H and O–H groups in total. The normalized spacial score (nSPS) is 10.2. The molecular weight excluding hydrogens is 277 g/mol. The number of benzene rings is 2. The minimum Gasteiger partial charge on any atom is -0.447 e. The Morgan fingerprint density at radius 2 is 1.95 bits per heavy atom. The van der Waals surface area contributed by atoms with Crippen molar-refractivity contribution in [2.24, 2.45) is 5.73 Å². The number of nitrogens with zero attached hydrogens (tertiary/aromatic N) is 1. The summed E-state index contributed by atoms with van der Waals surface area (Å²) in [6.45, 7) is 1.71. The summed E-state index contributed by atoms with van der Waals surface area (Å²) >= 11 is 0. The molecule has 6 nitrogen and oxygen atoms in total. The summed E-state index contributed by atoms with van der Waals surface area (Å²) in [5, 5.41) is 18.2. The summed E-state index contributed by atoms with van der Waals surface area (Å²) in [5.41, 5.74) is 5.91. The van der Waals surface area contributed by atoms with E-state index < -0.39 is 10.7 Å². The van der Waals surface area contributed by atoms with Gasteiger partial charge >= 0.3 is 5.69 Å². The molecule has 0 spiro atoms. The molecule has 2 aromatic carbocycles. The van der Waals surface area contributed by atoms with Crippen LogP contribution in [0.1, 0.15) is 11.1 Å². The second kappa shape index (κ2) is 5.58. The molecule has 2 rings (SSSR count). The Bertz CT molecular complexity index is 731. The first-order chi connectivity index (χ1) is 9.88. The van der Waals surface area contributed by atoms with Crippen molar-refractivity contribution in [2.75, 3.05) is 0 Å². The molecule has 0 radical (unpaired) electrons. The number of hydrogen-bond acceptors (Lipinski definition) is 4. The third-order valence-corrected chi connectivity index (χ3v) is 2.77. The predicted molar refractivity (Wildman–Crippen MR) is 75.3 cm³/mol. The highest BCUT2D eigenvalue weighted by atomic mass is 19.1. The van der Waals surface area contributed by atoms with Gasteiger partial charge < -0.3 is 10.5 Å². The van der Waals surface area contributed by atoms with Crippen LogP contribution in [-0.2, 0) is 0 Å². The molecular formula is C14H12FN3O3. The summed E-state index contributed by atoms with van der Waals surface area (Å²) in [5.74, 6) is -1.26. The Balaban J connectivity index is 2.39. The Morgan fingerprint density at radius 1 is 1.29 bits per heavy atom. The number of nitrogen functional groups attached to an aromatic ring is 1. The molecule has 2 aromatic rings. The van der Waals surface area contributed by atoms with E-state index in [1.165, 1.54) is 24.3 Å². The van der Waals surface area contributed by atoms with Crippen LogP contribution in [0.2, 0.25) is 0 Å². The van der Waals surface area contributed by atoms with Crippen molar-refractivity contribution in [3.05, 3.63) is 63.5 Å². The Hall–Kier alpha value is -2.96. The van der Waals surface area contributed by atoms with Crippen molar-refractivity contribution in [3.8, 4) is 11.5 Å². The molecule has 0 fully saturated rings. The molecule has 0 aliphatic carbocycles. The van der Waals surface area contributed by atoms with Crippen LogP contribution in [0.3, 0.4) is 0 Å². The van der Waals surface area contributed by atoms with Crippen LogP contribution in [-0.4, -0.2) is 10.8 Å². The lowest BCUT2D eigenvalue weighted by atomic mass is 10.2. The summed E-state index contributed by atoms with van der Waals surface area (Å²) < 4.78 is 19.1. The molecule has 108 valence electrons. The zero-order valence-electron chi connectivity index (χ0n) is 11.1. The molecule has 0 saturated carbocycles. The van der Waals surface area contributed by atoms with E-state index in [1.807, 2.05) is 0 Å². The maximum absolute atomic E-state index is 13.9. The Morgan fingerprint density at radius 3 is 2.52 bits per heavy atom. The van der Waals surface area contributed by atoms with Crippen LogP contribution in [0.15, 0.2) is 36.4 Å². The van der Waals surface area contributed by atoms with Crippen molar-refractivity contribution >= 4 is 11.5 Å². The maximum atomic E-state index is 13.9. The third kappa shape index (κ3) is 3.14. The number of nitro groups is 1. The van der Waals surface area contributed by atoms with Crippen LogP contribution in [0.5, 0.6) is 11.5 Å². The zero-order valence-corrected chi connectivity index (χ0v) is 11.1. The molecule has 21 heavy (non-hydrogen) atoms. The van der Waals surface area contributed by atoms with Gasteiger partial charge in [-0.05, 0) is 36.8 Å². The van der Waals surface area contributed by atoms with Crippen LogP contribution < -0.4 is 10.5 Å². The monoisotopic (exact) mass is 289 g/mol. The van der Waals surface area contributed by atoms with Gasteiger partial charge in [0, 0.05) is 11.6 Å². The second-order valence-corrected chi connectivity index (χ2v) is 4.39. The van der Waals surface area contributed by atoms with Gasteiger partial charge in [-0.25, -0.2) is 4.39 Å². The van der Waals surface area contributed by atoms with E-state index in [0.717, 1.165) is 6.07 Å². The number of nitro benzene ring substituents is 1. The van der Waals surface area contributed by atoms with Gasteiger partial charge in [0.1, 0.15) is 5.84 Å². The van der Waals surface area contributed by atoms with Gasteiger partial charge in [-0.1, -0.05) is 6.07 Å². The number of nitrogens with two attached hydrogens (primary N) is 1. The number of nitrogens with one attached hydrogen (secondary N) is 1. The molecule has 7 heteroatoms. The van der Waals surface area contributed by atoms with E-state index in [1.54, 1.807) is 13.0 Å². The number of halogens is 1. The molecule has 0 bridgehead atoms. The number of aryl methyl sites for hydroxylation is 1. The fraction of sp³-hybridized carbons (Fsp3) is 0.0714. The van der Waals surface area contributed by atoms with Gasteiger partial charge in [0.25, 0.3) is 0 Å². The highest BCUT2D eigenvalue weighted by molar-refractivity contribution is 5.95. The number of hydrogen-bond donors (Lipinski definition) is 2. The molecule has 0 saturated heterocycles. The van der Waals surface area contributed by atoms with Gasteiger partial charge in [0.2, 0.25) is 5.75 Å². The number of ether oxygens (including phenoxy) is 1. The molecule has 0 aromatic heterocycles. The zero-order chi connectivity index (χ0) is 15.6. The average molecular weight is 289 g/mol. The van der Waals surface area contributed by atoms with Crippen molar-refractivity contribution in [1.29, 1.82) is 5.41 Å². The van der Waals surface area contributed by atoms with E-state index in [2.05, 4.69) is 0 Å². The molecule has 0 amide bonds. The number of amidine groups is 1. The van der Waals surface area contributed by atoms with Crippen molar-refractivity contribution < 1.29 is 14.1 Å². The van der Waals surface area contributed by atoms with Crippen LogP contribution >= 0.6 is 0 Å². The first-order valence-corrected chi connectivity index (χ1v) is 5.95. The maximum Gasteiger partial charge on any atom is 0.311 e. The summed E-state index contributed by atoms with van der Waals surface area (Å²) in [4.78, 5) is 10.4. The van der Waals surface area contributed by atoms with E-state index in [-0.39, 0.29) is 28.6 Å². The third-order valence-electron chi connectivity index (χ3n) is 2.77. The van der Waals surface area contributed by atoms with Gasteiger partial charge in [-0.2, -0.15) is 0 Å². The van der Waals surface area contributed by atoms with Crippen LogP contribution in [0, 0.1) is 28.3 Å². The predicted octanol–water partition coefficient (Wildman–Crippen LogP) is 3.12. The Labute approximate surface area is 119 Å². The van der Waals surface area contributed by atoms with Gasteiger partial charge in [-0.15, -0.1) is 0 Å². The summed E-state index contributed by atoms with van der Waals surface area (Å²) in [6.07, 6.45) is 0. The van der Waals surface area contributed by atoms with E-state index in [9.17, 15) is 14.5 Å². The Kier molecular flexibility index (Phi) is 3.84. The lowest BCUT2D eigenvalue weighted by Crippen LogP contribution is -2.11. The lowest BCUT2D eigenvalue weighted by molar-refractivity contribution is -0.385. The van der Waals surface area contributed by atoms with E-state index >= 15 is 0 Å². The highest BCUT2D eigenvalue weighted by Crippen LogP contribution is 2.33. The number of rotatable bonds is 4. The standard InChI is InChI=1S/C14H12FN3O3/c1-8-2-4-13(11(6-8)18(19)20)21-12-5-3-9(14(16)17)7-10(12)15/h2-7H,1H3,(H3,16,17). The van der Waals surface area contributed by atoms with Crippen LogP contribution in [0.4, 0.5) is 10.1 Å². The SMILES string of the molecule is Cc1ccc(Oc2ccc(C(=N)N)cc2F)c([N+](=O)[O-])c1. The van der Waals surface area contributed by atoms with Crippen LogP contribution in [0.25, 0.3) is 0 Å². The quantitative estimate of drug-likeness (QED) is 0.390. The van der Waals surface area contributed by atoms with Crippen molar-refractivity contribution in [1.82, 2.24) is 0 Å². The fourth-order valence-electron chi connectivity index (χ4n) is 1.73. The van der Waals surface area contributed by atoms with E-state index in [0.29, 0.717) is 5.56 Å². The van der Waals surface area contributed by atoms with Gasteiger partial charge in [-0.3, -0.25) is 15.5 Å². The molecule has 0 aliphatic heterocycles. The first kappa shape index (κ1) is 14.4. The lowest BCUT2D eigenvalue weighted by Gasteiger charge is -2.08. The second-order valence-electron chi connectivity index (χ2n) is 4.39. The molecule has 0 unspecified atom stereocenters.